The van der Waals surface area contributed by atoms with E-state index in [-0.39, 0.29) is 0 Å². The molecule has 0 aliphatic rings. The molecule has 0 amide bonds. The van der Waals surface area contributed by atoms with Gasteiger partial charge in [-0.3, -0.25) is 0 Å². The fourth-order valence-electron chi connectivity index (χ4n) is 8.81. The Balaban J connectivity index is 1.07. The highest BCUT2D eigenvalue weighted by Gasteiger charge is 2.21. The van der Waals surface area contributed by atoms with E-state index in [9.17, 15) is 0 Å². The molecule has 12 aromatic rings. The molecule has 0 spiro atoms. The van der Waals surface area contributed by atoms with E-state index in [1.807, 2.05) is 24.3 Å². The molecule has 0 saturated heterocycles. The van der Waals surface area contributed by atoms with Crippen LogP contribution < -0.4 is 0 Å². The minimum absolute atomic E-state index is 0.697. The lowest BCUT2D eigenvalue weighted by atomic mass is 9.94. The first-order valence-corrected chi connectivity index (χ1v) is 19.0. The highest BCUT2D eigenvalue weighted by molar-refractivity contribution is 6.33. The number of nitrogens with zero attached hydrogens (tertiary/aromatic N) is 3. The lowest BCUT2D eigenvalue weighted by Crippen LogP contribution is -1.96. The van der Waals surface area contributed by atoms with Crippen LogP contribution in [0.15, 0.2) is 192 Å². The molecule has 9 aromatic carbocycles. The Morgan fingerprint density at radius 1 is 0.339 bits per heavy atom. The quantitative estimate of drug-likeness (QED) is 0.167. The third-order valence-electron chi connectivity index (χ3n) is 11.3. The van der Waals surface area contributed by atoms with Gasteiger partial charge in [0.2, 0.25) is 0 Å². The standard InChI is InChI=1S/C52H31N3O/c1-3-13-32(14-4-1)34-17-11-18-35(27-34)44-31-45(54-52(53-44)33-15-5-2-6-16-33)36-25-26-47-42(28-36)40-21-9-10-23-46(40)55(47)37-29-43-39-20-8-7-19-38(39)41-22-12-24-48-50(41)51(43)49(30-37)56-48/h1-31H. The van der Waals surface area contributed by atoms with Crippen LogP contribution in [0.25, 0.3) is 116 Å². The van der Waals surface area contributed by atoms with Crippen molar-refractivity contribution in [2.45, 2.75) is 0 Å². The summed E-state index contributed by atoms with van der Waals surface area (Å²) < 4.78 is 9.01. The van der Waals surface area contributed by atoms with Crippen molar-refractivity contribution in [3.8, 4) is 50.7 Å². The van der Waals surface area contributed by atoms with Crippen LogP contribution in [0.3, 0.4) is 0 Å². The zero-order chi connectivity index (χ0) is 36.7. The summed E-state index contributed by atoms with van der Waals surface area (Å²) >= 11 is 0. The van der Waals surface area contributed by atoms with E-state index in [4.69, 9.17) is 14.4 Å². The van der Waals surface area contributed by atoms with Gasteiger partial charge in [-0.2, -0.15) is 0 Å². The largest absolute Gasteiger partial charge is 0.456 e. The highest BCUT2D eigenvalue weighted by Crippen LogP contribution is 2.45. The first-order valence-electron chi connectivity index (χ1n) is 19.0. The van der Waals surface area contributed by atoms with Gasteiger partial charge in [-0.15, -0.1) is 0 Å². The third kappa shape index (κ3) is 4.66. The minimum atomic E-state index is 0.697. The van der Waals surface area contributed by atoms with E-state index in [0.717, 1.165) is 66.9 Å². The van der Waals surface area contributed by atoms with Gasteiger partial charge in [0.15, 0.2) is 5.82 Å². The summed E-state index contributed by atoms with van der Waals surface area (Å²) in [6, 6.07) is 66.6. The van der Waals surface area contributed by atoms with Gasteiger partial charge >= 0.3 is 0 Å². The SMILES string of the molecule is c1ccc(-c2cccc(-c3cc(-c4ccc5c(c4)c4ccccc4n5-c4cc5oc6cccc7c8ccccc8c(c4)c5c67)nc(-c4ccccc4)n3)c2)cc1. The van der Waals surface area contributed by atoms with Crippen molar-refractivity contribution < 1.29 is 4.42 Å². The van der Waals surface area contributed by atoms with Gasteiger partial charge in [-0.1, -0.05) is 140 Å². The number of hydrogen-bond donors (Lipinski definition) is 0. The average Bonchev–Trinajstić information content (AvgIpc) is 3.82. The Morgan fingerprint density at radius 3 is 1.73 bits per heavy atom. The fraction of sp³-hybridized carbons (Fsp3) is 0. The molecule has 0 aliphatic carbocycles. The van der Waals surface area contributed by atoms with Gasteiger partial charge in [0.1, 0.15) is 11.2 Å². The number of para-hydroxylation sites is 1. The van der Waals surface area contributed by atoms with E-state index in [1.54, 1.807) is 0 Å². The Hall–Kier alpha value is -7.56. The molecule has 0 bridgehead atoms. The van der Waals surface area contributed by atoms with Crippen molar-refractivity contribution in [2.75, 3.05) is 0 Å². The predicted octanol–water partition coefficient (Wildman–Crippen LogP) is 13.9. The lowest BCUT2D eigenvalue weighted by molar-refractivity contribution is 0.669. The van der Waals surface area contributed by atoms with Crippen molar-refractivity contribution in [1.29, 1.82) is 0 Å². The minimum Gasteiger partial charge on any atom is -0.456 e. The molecule has 12 rings (SSSR count). The highest BCUT2D eigenvalue weighted by atomic mass is 16.3. The molecule has 0 atom stereocenters. The number of rotatable bonds is 5. The molecule has 4 nitrogen and oxygen atoms in total. The number of benzene rings is 9. The molecular formula is C52H31N3O. The Bertz CT molecular complexity index is 3470. The zero-order valence-electron chi connectivity index (χ0n) is 30.1. The van der Waals surface area contributed by atoms with Crippen LogP contribution in [0, 0.1) is 0 Å². The van der Waals surface area contributed by atoms with Crippen molar-refractivity contribution in [3.63, 3.8) is 0 Å². The molecule has 0 aliphatic heterocycles. The van der Waals surface area contributed by atoms with E-state index in [1.165, 1.54) is 43.3 Å². The van der Waals surface area contributed by atoms with Gasteiger partial charge in [0, 0.05) is 44.3 Å². The first kappa shape index (κ1) is 30.9. The number of aromatic nitrogens is 3. The topological polar surface area (TPSA) is 43.9 Å². The second-order valence-electron chi connectivity index (χ2n) is 14.6. The maximum Gasteiger partial charge on any atom is 0.160 e. The average molecular weight is 714 g/mol. The molecule has 0 saturated carbocycles. The molecule has 0 radical (unpaired) electrons. The summed E-state index contributed by atoms with van der Waals surface area (Å²) in [6.07, 6.45) is 0. The molecule has 3 aromatic heterocycles. The Labute approximate surface area is 321 Å². The second kappa shape index (κ2) is 12.0. The summed E-state index contributed by atoms with van der Waals surface area (Å²) in [7, 11) is 0. The number of furan rings is 1. The summed E-state index contributed by atoms with van der Waals surface area (Å²) in [5.74, 6) is 0.697. The Morgan fingerprint density at radius 2 is 0.929 bits per heavy atom. The van der Waals surface area contributed by atoms with Gasteiger partial charge in [0.05, 0.1) is 28.1 Å². The van der Waals surface area contributed by atoms with Crippen LogP contribution in [-0.4, -0.2) is 14.5 Å². The monoisotopic (exact) mass is 713 g/mol. The van der Waals surface area contributed by atoms with Crippen molar-refractivity contribution in [1.82, 2.24) is 14.5 Å². The van der Waals surface area contributed by atoms with E-state index in [0.29, 0.717) is 5.82 Å². The predicted molar refractivity (Wildman–Crippen MR) is 232 cm³/mol. The van der Waals surface area contributed by atoms with Crippen LogP contribution in [0.2, 0.25) is 0 Å². The van der Waals surface area contributed by atoms with Crippen LogP contribution in [-0.2, 0) is 0 Å². The second-order valence-corrected chi connectivity index (χ2v) is 14.6. The van der Waals surface area contributed by atoms with E-state index < -0.39 is 0 Å². The molecule has 56 heavy (non-hydrogen) atoms. The van der Waals surface area contributed by atoms with Crippen molar-refractivity contribution >= 4 is 65.3 Å². The third-order valence-corrected chi connectivity index (χ3v) is 11.3. The van der Waals surface area contributed by atoms with Gasteiger partial charge < -0.3 is 8.98 Å². The normalized spacial score (nSPS) is 11.9. The summed E-state index contributed by atoms with van der Waals surface area (Å²) in [4.78, 5) is 10.3. The van der Waals surface area contributed by atoms with E-state index in [2.05, 4.69) is 168 Å². The molecule has 0 fully saturated rings. The maximum atomic E-state index is 6.63. The van der Waals surface area contributed by atoms with Crippen molar-refractivity contribution in [3.05, 3.63) is 188 Å². The number of hydrogen-bond acceptors (Lipinski definition) is 3. The summed E-state index contributed by atoms with van der Waals surface area (Å²) in [5, 5.41) is 9.62. The van der Waals surface area contributed by atoms with Crippen molar-refractivity contribution in [2.24, 2.45) is 0 Å². The smallest absolute Gasteiger partial charge is 0.160 e. The van der Waals surface area contributed by atoms with Crippen LogP contribution in [0.5, 0.6) is 0 Å². The summed E-state index contributed by atoms with van der Waals surface area (Å²) in [5.41, 5.74) is 12.3. The molecule has 3 heterocycles. The van der Waals surface area contributed by atoms with Gasteiger partial charge in [-0.05, 0) is 75.1 Å². The molecule has 260 valence electrons. The van der Waals surface area contributed by atoms with Crippen LogP contribution in [0.1, 0.15) is 0 Å². The molecule has 4 heteroatoms. The zero-order valence-corrected chi connectivity index (χ0v) is 30.1. The van der Waals surface area contributed by atoms with Gasteiger partial charge in [-0.25, -0.2) is 9.97 Å². The fourth-order valence-corrected chi connectivity index (χ4v) is 8.81. The Kier molecular flexibility index (Phi) is 6.60. The molecule has 0 unspecified atom stereocenters. The lowest BCUT2D eigenvalue weighted by Gasteiger charge is -2.13. The van der Waals surface area contributed by atoms with Crippen LogP contribution in [0.4, 0.5) is 0 Å². The molecule has 0 N–H and O–H groups in total. The first-order chi connectivity index (χ1) is 27.7. The van der Waals surface area contributed by atoms with E-state index >= 15 is 0 Å². The molecular weight excluding hydrogens is 683 g/mol. The summed E-state index contributed by atoms with van der Waals surface area (Å²) in [6.45, 7) is 0. The van der Waals surface area contributed by atoms with Gasteiger partial charge in [0.25, 0.3) is 0 Å². The number of fused-ring (bicyclic) bond motifs is 6. The maximum absolute atomic E-state index is 6.63. The van der Waals surface area contributed by atoms with Crippen LogP contribution >= 0.6 is 0 Å².